The molecule has 0 saturated heterocycles. The summed E-state index contributed by atoms with van der Waals surface area (Å²) in [5, 5.41) is 14.7. The number of hydrogen-bond donors (Lipinski definition) is 1. The lowest BCUT2D eigenvalue weighted by Crippen LogP contribution is -2.18. The van der Waals surface area contributed by atoms with Gasteiger partial charge in [0.15, 0.2) is 5.65 Å². The smallest absolute Gasteiger partial charge is 0.159 e. The van der Waals surface area contributed by atoms with Gasteiger partial charge in [-0.05, 0) is 56.9 Å². The fourth-order valence-corrected chi connectivity index (χ4v) is 4.48. The third-order valence-electron chi connectivity index (χ3n) is 6.01. The van der Waals surface area contributed by atoms with Crippen LogP contribution in [-0.4, -0.2) is 42.6 Å². The number of nitrogens with zero attached hydrogens (tertiary/aromatic N) is 5. The van der Waals surface area contributed by atoms with Crippen molar-refractivity contribution < 1.29 is 9.84 Å². The lowest BCUT2D eigenvalue weighted by atomic mass is 10.1. The van der Waals surface area contributed by atoms with Gasteiger partial charge in [-0.3, -0.25) is 0 Å². The van der Waals surface area contributed by atoms with Gasteiger partial charge in [-0.15, -0.1) is 0 Å². The highest BCUT2D eigenvalue weighted by molar-refractivity contribution is 5.81. The lowest BCUT2D eigenvalue weighted by molar-refractivity contribution is 0.138. The van der Waals surface area contributed by atoms with Crippen molar-refractivity contribution in [2.45, 2.75) is 45.3 Å². The maximum Gasteiger partial charge on any atom is 0.159 e. The molecule has 0 unspecified atom stereocenters. The predicted octanol–water partition coefficient (Wildman–Crippen LogP) is 4.00. The Balaban J connectivity index is 1.63. The SMILES string of the molecule is COc1cc(-n2cccn2)ccc1-c1nc2c(C)cn([C@H]3CCC[C@H]3O)c2nc1C. The van der Waals surface area contributed by atoms with Gasteiger partial charge >= 0.3 is 0 Å². The zero-order chi connectivity index (χ0) is 20.8. The third kappa shape index (κ3) is 2.97. The van der Waals surface area contributed by atoms with Crippen LogP contribution in [0.3, 0.4) is 0 Å². The molecule has 1 aliphatic carbocycles. The van der Waals surface area contributed by atoms with Crippen LogP contribution >= 0.6 is 0 Å². The molecular weight excluding hydrogens is 378 g/mol. The lowest BCUT2D eigenvalue weighted by Gasteiger charge is -2.18. The topological polar surface area (TPSA) is 78.0 Å². The summed E-state index contributed by atoms with van der Waals surface area (Å²) < 4.78 is 9.60. The van der Waals surface area contributed by atoms with Gasteiger partial charge in [0.1, 0.15) is 11.3 Å². The molecular formula is C23H25N5O2. The summed E-state index contributed by atoms with van der Waals surface area (Å²) >= 11 is 0. The van der Waals surface area contributed by atoms with Gasteiger partial charge in [0.2, 0.25) is 0 Å². The summed E-state index contributed by atoms with van der Waals surface area (Å²) in [5.74, 6) is 0.725. The Labute approximate surface area is 175 Å². The number of fused-ring (bicyclic) bond motifs is 1. The van der Waals surface area contributed by atoms with E-state index < -0.39 is 0 Å². The number of aryl methyl sites for hydroxylation is 2. The average Bonchev–Trinajstić information content (AvgIpc) is 3.48. The molecule has 1 aromatic carbocycles. The van der Waals surface area contributed by atoms with E-state index in [0.717, 1.165) is 64.4 Å². The van der Waals surface area contributed by atoms with Crippen LogP contribution in [0.15, 0.2) is 42.9 Å². The quantitative estimate of drug-likeness (QED) is 0.557. The minimum absolute atomic E-state index is 0.0728. The van der Waals surface area contributed by atoms with Crippen LogP contribution in [0.5, 0.6) is 5.75 Å². The Morgan fingerprint density at radius 1 is 1.17 bits per heavy atom. The second kappa shape index (κ2) is 7.25. The highest BCUT2D eigenvalue weighted by Crippen LogP contribution is 2.37. The first-order chi connectivity index (χ1) is 14.6. The number of benzene rings is 1. The summed E-state index contributed by atoms with van der Waals surface area (Å²) in [4.78, 5) is 9.91. The van der Waals surface area contributed by atoms with Crippen LogP contribution in [-0.2, 0) is 0 Å². The number of hydrogen-bond acceptors (Lipinski definition) is 5. The molecule has 7 nitrogen and oxygen atoms in total. The van der Waals surface area contributed by atoms with Gasteiger partial charge in [0.25, 0.3) is 0 Å². The standard InChI is InChI=1S/C23H25N5O2/c1-14-13-27(18-6-4-7-19(18)29)23-21(14)26-22(15(2)25-23)17-9-8-16(12-20(17)30-3)28-11-5-10-24-28/h5,8-13,18-19,29H,4,6-7H2,1-3H3/t18-,19+/m0/s1. The van der Waals surface area contributed by atoms with Crippen LogP contribution in [0.4, 0.5) is 0 Å². The highest BCUT2D eigenvalue weighted by atomic mass is 16.5. The highest BCUT2D eigenvalue weighted by Gasteiger charge is 2.29. The molecule has 0 aliphatic heterocycles. The van der Waals surface area contributed by atoms with Crippen LogP contribution in [0.1, 0.15) is 36.6 Å². The number of aromatic nitrogens is 5. The molecule has 2 atom stereocenters. The van der Waals surface area contributed by atoms with E-state index in [4.69, 9.17) is 14.7 Å². The minimum atomic E-state index is -0.322. The maximum atomic E-state index is 10.4. The van der Waals surface area contributed by atoms with Gasteiger partial charge in [-0.2, -0.15) is 5.10 Å². The number of aliphatic hydroxyl groups is 1. The summed E-state index contributed by atoms with van der Waals surface area (Å²) in [6.07, 6.45) is 8.24. The van der Waals surface area contributed by atoms with Crippen molar-refractivity contribution in [3.8, 4) is 22.7 Å². The summed E-state index contributed by atoms with van der Waals surface area (Å²) in [5.41, 5.74) is 6.22. The largest absolute Gasteiger partial charge is 0.496 e. The Hall–Kier alpha value is -3.19. The van der Waals surface area contributed by atoms with Gasteiger partial charge < -0.3 is 14.4 Å². The van der Waals surface area contributed by atoms with Crippen molar-refractivity contribution >= 4 is 11.2 Å². The zero-order valence-electron chi connectivity index (χ0n) is 17.4. The van der Waals surface area contributed by atoms with Crippen LogP contribution in [0.25, 0.3) is 28.1 Å². The number of methoxy groups -OCH3 is 1. The van der Waals surface area contributed by atoms with Gasteiger partial charge in [-0.1, -0.05) is 0 Å². The monoisotopic (exact) mass is 403 g/mol. The zero-order valence-corrected chi connectivity index (χ0v) is 17.4. The normalized spacial score (nSPS) is 18.9. The molecule has 3 aromatic heterocycles. The molecule has 7 heteroatoms. The van der Waals surface area contributed by atoms with Crippen molar-refractivity contribution in [3.63, 3.8) is 0 Å². The maximum absolute atomic E-state index is 10.4. The van der Waals surface area contributed by atoms with E-state index in [1.165, 1.54) is 0 Å². The molecule has 30 heavy (non-hydrogen) atoms. The Bertz CT molecular complexity index is 1210. The summed E-state index contributed by atoms with van der Waals surface area (Å²) in [6.45, 7) is 4.02. The molecule has 0 bridgehead atoms. The third-order valence-corrected chi connectivity index (χ3v) is 6.01. The Kier molecular flexibility index (Phi) is 4.55. The van der Waals surface area contributed by atoms with Crippen LogP contribution in [0.2, 0.25) is 0 Å². The van der Waals surface area contributed by atoms with Crippen molar-refractivity contribution in [1.29, 1.82) is 0 Å². The number of rotatable bonds is 4. The van der Waals surface area contributed by atoms with Crippen LogP contribution in [0, 0.1) is 13.8 Å². The fourth-order valence-electron chi connectivity index (χ4n) is 4.48. The Morgan fingerprint density at radius 3 is 2.73 bits per heavy atom. The van der Waals surface area contributed by atoms with Gasteiger partial charge in [0.05, 0.1) is 36.3 Å². The Morgan fingerprint density at radius 2 is 2.03 bits per heavy atom. The molecule has 1 aliphatic rings. The summed E-state index contributed by atoms with van der Waals surface area (Å²) in [6, 6.07) is 7.93. The average molecular weight is 403 g/mol. The van der Waals surface area contributed by atoms with Crippen molar-refractivity contribution in [2.24, 2.45) is 0 Å². The molecule has 0 spiro atoms. The van der Waals surface area contributed by atoms with E-state index in [2.05, 4.69) is 15.9 Å². The van der Waals surface area contributed by atoms with Crippen molar-refractivity contribution in [1.82, 2.24) is 24.3 Å². The number of aliphatic hydroxyl groups excluding tert-OH is 1. The molecule has 0 amide bonds. The van der Waals surface area contributed by atoms with Crippen LogP contribution < -0.4 is 4.74 Å². The molecule has 4 aromatic rings. The second-order valence-electron chi connectivity index (χ2n) is 7.95. The minimum Gasteiger partial charge on any atom is -0.496 e. The van der Waals surface area contributed by atoms with Gasteiger partial charge in [-0.25, -0.2) is 14.6 Å². The first-order valence-corrected chi connectivity index (χ1v) is 10.3. The first-order valence-electron chi connectivity index (χ1n) is 10.3. The number of ether oxygens (including phenoxy) is 1. The molecule has 154 valence electrons. The molecule has 1 fully saturated rings. The predicted molar refractivity (Wildman–Crippen MR) is 115 cm³/mol. The second-order valence-corrected chi connectivity index (χ2v) is 7.95. The molecule has 0 radical (unpaired) electrons. The molecule has 1 N–H and O–H groups in total. The first kappa shape index (κ1) is 18.8. The van der Waals surface area contributed by atoms with Crippen molar-refractivity contribution in [2.75, 3.05) is 7.11 Å². The van der Waals surface area contributed by atoms with E-state index in [9.17, 15) is 5.11 Å². The van der Waals surface area contributed by atoms with Gasteiger partial charge in [0, 0.05) is 30.2 Å². The molecule has 5 rings (SSSR count). The fraction of sp³-hybridized carbons (Fsp3) is 0.348. The summed E-state index contributed by atoms with van der Waals surface area (Å²) in [7, 11) is 1.66. The molecule has 3 heterocycles. The van der Waals surface area contributed by atoms with E-state index in [-0.39, 0.29) is 12.1 Å². The van der Waals surface area contributed by atoms with Crippen molar-refractivity contribution in [3.05, 3.63) is 54.1 Å². The van der Waals surface area contributed by atoms with E-state index >= 15 is 0 Å². The van der Waals surface area contributed by atoms with E-state index in [1.54, 1.807) is 18.0 Å². The van der Waals surface area contributed by atoms with E-state index in [0.29, 0.717) is 0 Å². The van der Waals surface area contributed by atoms with E-state index in [1.807, 2.05) is 44.3 Å². The molecule has 1 saturated carbocycles.